The van der Waals surface area contributed by atoms with E-state index in [9.17, 15) is 0 Å². The fraction of sp³-hybridized carbons (Fsp3) is 0.625. The molecule has 1 aliphatic carbocycles. The lowest BCUT2D eigenvalue weighted by Crippen LogP contribution is -2.40. The average Bonchev–Trinajstić information content (AvgIpc) is 2.77. The first-order valence-corrected chi connectivity index (χ1v) is 7.19. The Morgan fingerprint density at radius 1 is 1.22 bits per heavy atom. The summed E-state index contributed by atoms with van der Waals surface area (Å²) in [6.07, 6.45) is 6.64. The summed E-state index contributed by atoms with van der Waals surface area (Å²) in [4.78, 5) is 0. The molecular weight excluding hydrogens is 220 g/mol. The molecule has 1 atom stereocenters. The maximum atomic E-state index is 5.71. The maximum absolute atomic E-state index is 5.71. The van der Waals surface area contributed by atoms with Crippen LogP contribution >= 0.6 is 0 Å². The van der Waals surface area contributed by atoms with Gasteiger partial charge in [-0.2, -0.15) is 0 Å². The first-order chi connectivity index (χ1) is 8.59. The third-order valence-electron chi connectivity index (χ3n) is 4.34. The number of anilines is 1. The van der Waals surface area contributed by atoms with E-state index >= 15 is 0 Å². The Labute approximate surface area is 111 Å². The van der Waals surface area contributed by atoms with Gasteiger partial charge in [0.25, 0.3) is 0 Å². The lowest BCUT2D eigenvalue weighted by Gasteiger charge is -2.26. The van der Waals surface area contributed by atoms with E-state index in [1.807, 2.05) is 12.1 Å². The second-order valence-corrected chi connectivity index (χ2v) is 6.05. The largest absolute Gasteiger partial charge is 0.399 e. The van der Waals surface area contributed by atoms with Gasteiger partial charge in [0.05, 0.1) is 0 Å². The van der Waals surface area contributed by atoms with Crippen LogP contribution in [0.15, 0.2) is 24.3 Å². The summed E-state index contributed by atoms with van der Waals surface area (Å²) in [7, 11) is 0. The molecular formula is C16H26N2. The molecule has 1 saturated carbocycles. The highest BCUT2D eigenvalue weighted by Crippen LogP contribution is 2.29. The third-order valence-corrected chi connectivity index (χ3v) is 4.34. The molecule has 1 fully saturated rings. The van der Waals surface area contributed by atoms with Crippen molar-refractivity contribution in [2.45, 2.75) is 57.4 Å². The Hall–Kier alpha value is -1.02. The van der Waals surface area contributed by atoms with Crippen LogP contribution in [0, 0.1) is 0 Å². The van der Waals surface area contributed by atoms with E-state index in [1.54, 1.807) is 0 Å². The quantitative estimate of drug-likeness (QED) is 0.778. The molecule has 18 heavy (non-hydrogen) atoms. The molecule has 0 aromatic heterocycles. The molecule has 1 aromatic rings. The fourth-order valence-corrected chi connectivity index (χ4v) is 2.91. The Bertz CT molecular complexity index is 363. The Morgan fingerprint density at radius 3 is 2.44 bits per heavy atom. The first-order valence-electron chi connectivity index (χ1n) is 7.19. The monoisotopic (exact) mass is 246 g/mol. The van der Waals surface area contributed by atoms with Crippen molar-refractivity contribution in [1.82, 2.24) is 5.32 Å². The van der Waals surface area contributed by atoms with E-state index in [1.165, 1.54) is 37.7 Å². The molecule has 0 bridgehead atoms. The Balaban J connectivity index is 1.77. The molecule has 1 aromatic carbocycles. The summed E-state index contributed by atoms with van der Waals surface area (Å²) in [5, 5.41) is 3.75. The van der Waals surface area contributed by atoms with Crippen LogP contribution in [-0.2, 0) is 0 Å². The number of nitrogen functional groups attached to an aromatic ring is 1. The highest BCUT2D eigenvalue weighted by Gasteiger charge is 2.27. The molecule has 0 heterocycles. The summed E-state index contributed by atoms with van der Waals surface area (Å²) in [5.41, 5.74) is 8.36. The SMILES string of the molecule is CC(CCNC1(C)CCCC1)c1ccc(N)cc1. The van der Waals surface area contributed by atoms with Gasteiger partial charge >= 0.3 is 0 Å². The van der Waals surface area contributed by atoms with Crippen LogP contribution in [-0.4, -0.2) is 12.1 Å². The number of rotatable bonds is 5. The molecule has 2 heteroatoms. The molecule has 100 valence electrons. The number of nitrogens with one attached hydrogen (secondary N) is 1. The van der Waals surface area contributed by atoms with Crippen molar-refractivity contribution in [1.29, 1.82) is 0 Å². The van der Waals surface area contributed by atoms with Crippen LogP contribution in [0.4, 0.5) is 5.69 Å². The molecule has 3 N–H and O–H groups in total. The van der Waals surface area contributed by atoms with Gasteiger partial charge in [-0.3, -0.25) is 0 Å². The predicted molar refractivity (Wildman–Crippen MR) is 78.8 cm³/mol. The minimum Gasteiger partial charge on any atom is -0.399 e. The molecule has 0 saturated heterocycles. The zero-order valence-electron chi connectivity index (χ0n) is 11.7. The van der Waals surface area contributed by atoms with Crippen molar-refractivity contribution in [3.8, 4) is 0 Å². The molecule has 0 spiro atoms. The van der Waals surface area contributed by atoms with E-state index < -0.39 is 0 Å². The average molecular weight is 246 g/mol. The van der Waals surface area contributed by atoms with Crippen LogP contribution in [0.2, 0.25) is 0 Å². The molecule has 2 nitrogen and oxygen atoms in total. The normalized spacial score (nSPS) is 19.9. The Morgan fingerprint density at radius 2 is 1.83 bits per heavy atom. The van der Waals surface area contributed by atoms with Crippen LogP contribution < -0.4 is 11.1 Å². The van der Waals surface area contributed by atoms with Crippen molar-refractivity contribution in [2.75, 3.05) is 12.3 Å². The van der Waals surface area contributed by atoms with E-state index in [0.29, 0.717) is 11.5 Å². The second kappa shape index (κ2) is 5.75. The summed E-state index contributed by atoms with van der Waals surface area (Å²) in [5.74, 6) is 0.600. The first kappa shape index (κ1) is 13.4. The highest BCUT2D eigenvalue weighted by atomic mass is 15.0. The lowest BCUT2D eigenvalue weighted by molar-refractivity contribution is 0.358. The smallest absolute Gasteiger partial charge is 0.0314 e. The van der Waals surface area contributed by atoms with Gasteiger partial charge in [-0.05, 0) is 56.3 Å². The predicted octanol–water partition coefficient (Wildman–Crippen LogP) is 3.68. The summed E-state index contributed by atoms with van der Waals surface area (Å²) in [6.45, 7) is 5.78. The molecule has 0 aliphatic heterocycles. The molecule has 2 rings (SSSR count). The van der Waals surface area contributed by atoms with Gasteiger partial charge in [0.15, 0.2) is 0 Å². The van der Waals surface area contributed by atoms with Crippen molar-refractivity contribution >= 4 is 5.69 Å². The number of hydrogen-bond donors (Lipinski definition) is 2. The van der Waals surface area contributed by atoms with Gasteiger partial charge in [0.1, 0.15) is 0 Å². The van der Waals surface area contributed by atoms with E-state index in [4.69, 9.17) is 5.73 Å². The lowest BCUT2D eigenvalue weighted by atomic mass is 9.96. The van der Waals surface area contributed by atoms with E-state index in [-0.39, 0.29) is 0 Å². The van der Waals surface area contributed by atoms with Crippen molar-refractivity contribution in [3.05, 3.63) is 29.8 Å². The van der Waals surface area contributed by atoms with Gasteiger partial charge in [0, 0.05) is 11.2 Å². The van der Waals surface area contributed by atoms with Crippen LogP contribution in [0.5, 0.6) is 0 Å². The van der Waals surface area contributed by atoms with Crippen LogP contribution in [0.1, 0.15) is 57.4 Å². The number of nitrogens with two attached hydrogens (primary N) is 1. The topological polar surface area (TPSA) is 38.0 Å². The van der Waals surface area contributed by atoms with Crippen molar-refractivity contribution < 1.29 is 0 Å². The van der Waals surface area contributed by atoms with Gasteiger partial charge in [-0.25, -0.2) is 0 Å². The standard InChI is InChI=1S/C16H26N2/c1-13(14-5-7-15(17)8-6-14)9-12-18-16(2)10-3-4-11-16/h5-8,13,18H,3-4,9-12,17H2,1-2H3. The van der Waals surface area contributed by atoms with Crippen molar-refractivity contribution in [2.24, 2.45) is 0 Å². The maximum Gasteiger partial charge on any atom is 0.0314 e. The van der Waals surface area contributed by atoms with E-state index in [2.05, 4.69) is 31.3 Å². The van der Waals surface area contributed by atoms with Crippen LogP contribution in [0.25, 0.3) is 0 Å². The molecule has 0 radical (unpaired) electrons. The number of hydrogen-bond acceptors (Lipinski definition) is 2. The summed E-state index contributed by atoms with van der Waals surface area (Å²) >= 11 is 0. The Kier molecular flexibility index (Phi) is 4.28. The van der Waals surface area contributed by atoms with E-state index in [0.717, 1.165) is 12.2 Å². The molecule has 1 unspecified atom stereocenters. The third kappa shape index (κ3) is 3.49. The highest BCUT2D eigenvalue weighted by molar-refractivity contribution is 5.40. The minimum absolute atomic E-state index is 0.404. The van der Waals surface area contributed by atoms with Crippen molar-refractivity contribution in [3.63, 3.8) is 0 Å². The number of benzene rings is 1. The van der Waals surface area contributed by atoms with Gasteiger partial charge in [-0.1, -0.05) is 31.9 Å². The zero-order valence-corrected chi connectivity index (χ0v) is 11.7. The minimum atomic E-state index is 0.404. The zero-order chi connectivity index (χ0) is 13.0. The molecule has 0 amide bonds. The van der Waals surface area contributed by atoms with Gasteiger partial charge in [-0.15, -0.1) is 0 Å². The fourth-order valence-electron chi connectivity index (χ4n) is 2.91. The van der Waals surface area contributed by atoms with Gasteiger partial charge in [0.2, 0.25) is 0 Å². The molecule has 1 aliphatic rings. The van der Waals surface area contributed by atoms with Gasteiger partial charge < -0.3 is 11.1 Å². The summed E-state index contributed by atoms with van der Waals surface area (Å²) < 4.78 is 0. The summed E-state index contributed by atoms with van der Waals surface area (Å²) in [6, 6.07) is 8.30. The second-order valence-electron chi connectivity index (χ2n) is 6.05. The van der Waals surface area contributed by atoms with Crippen LogP contribution in [0.3, 0.4) is 0 Å².